The fraction of sp³-hybridized carbons (Fsp3) is 0.241. The molecule has 0 bridgehead atoms. The summed E-state index contributed by atoms with van der Waals surface area (Å²) in [7, 11) is 1.31. The Kier molecular flexibility index (Phi) is 6.83. The molecule has 37 heavy (non-hydrogen) atoms. The van der Waals surface area contributed by atoms with Crippen LogP contribution < -0.4 is 15.1 Å². The van der Waals surface area contributed by atoms with Gasteiger partial charge in [0.1, 0.15) is 22.8 Å². The van der Waals surface area contributed by atoms with Gasteiger partial charge in [-0.1, -0.05) is 18.2 Å². The van der Waals surface area contributed by atoms with Crippen molar-refractivity contribution in [1.29, 1.82) is 0 Å². The number of phenols is 1. The van der Waals surface area contributed by atoms with E-state index < -0.39 is 5.97 Å². The standard InChI is InChI=1S/C29H28N2O6/c1-19-27(37-22-10-8-20(9-11-22)29(34)35-2)26(33)23-12-13-25(32)24(28(23)36-19)18-30-14-16-31(17-15-30)21-6-4-3-5-7-21/h3-13,32H,14-18H2,1-2H3. The third kappa shape index (κ3) is 5.01. The Balaban J connectivity index is 1.38. The van der Waals surface area contributed by atoms with Crippen molar-refractivity contribution in [2.45, 2.75) is 13.5 Å². The first-order valence-electron chi connectivity index (χ1n) is 12.1. The van der Waals surface area contributed by atoms with E-state index in [9.17, 15) is 14.7 Å². The van der Waals surface area contributed by atoms with E-state index >= 15 is 0 Å². The van der Waals surface area contributed by atoms with Crippen molar-refractivity contribution in [2.24, 2.45) is 0 Å². The van der Waals surface area contributed by atoms with Crippen LogP contribution in [0.5, 0.6) is 17.2 Å². The molecule has 3 aromatic carbocycles. The molecule has 0 aliphatic carbocycles. The van der Waals surface area contributed by atoms with E-state index in [1.165, 1.54) is 18.9 Å². The number of ether oxygens (including phenoxy) is 2. The van der Waals surface area contributed by atoms with Gasteiger partial charge in [0.05, 0.1) is 23.6 Å². The summed E-state index contributed by atoms with van der Waals surface area (Å²) in [6.07, 6.45) is 0. The molecule has 1 saturated heterocycles. The molecule has 0 spiro atoms. The number of carbonyl (C=O) groups excluding carboxylic acids is 1. The van der Waals surface area contributed by atoms with Crippen LogP contribution in [0.3, 0.4) is 0 Å². The molecule has 1 aliphatic heterocycles. The third-order valence-corrected chi connectivity index (χ3v) is 6.63. The maximum atomic E-state index is 13.4. The molecular weight excluding hydrogens is 472 g/mol. The van der Waals surface area contributed by atoms with Crippen LogP contribution >= 0.6 is 0 Å². The molecule has 5 rings (SSSR count). The third-order valence-electron chi connectivity index (χ3n) is 6.63. The number of aromatic hydroxyl groups is 1. The van der Waals surface area contributed by atoms with Crippen molar-refractivity contribution in [3.63, 3.8) is 0 Å². The lowest BCUT2D eigenvalue weighted by atomic mass is 10.1. The Labute approximate surface area is 214 Å². The van der Waals surface area contributed by atoms with Gasteiger partial charge in [0.15, 0.2) is 0 Å². The number of nitrogens with zero attached hydrogens (tertiary/aromatic N) is 2. The number of benzene rings is 3. The largest absolute Gasteiger partial charge is 0.507 e. The Bertz CT molecular complexity index is 1470. The number of anilines is 1. The first-order valence-corrected chi connectivity index (χ1v) is 12.1. The van der Waals surface area contributed by atoms with E-state index in [1.807, 2.05) is 18.2 Å². The number of aryl methyl sites for hydroxylation is 1. The maximum absolute atomic E-state index is 13.4. The summed E-state index contributed by atoms with van der Waals surface area (Å²) in [5.74, 6) is 0.383. The number of piperazine rings is 1. The van der Waals surface area contributed by atoms with Gasteiger partial charge in [0.25, 0.3) is 0 Å². The van der Waals surface area contributed by atoms with E-state index in [1.54, 1.807) is 37.3 Å². The molecule has 1 N–H and O–H groups in total. The predicted octanol–water partition coefficient (Wildman–Crippen LogP) is 4.71. The van der Waals surface area contributed by atoms with Gasteiger partial charge >= 0.3 is 5.97 Å². The summed E-state index contributed by atoms with van der Waals surface area (Å²) in [6, 6.07) is 19.7. The summed E-state index contributed by atoms with van der Waals surface area (Å²) in [5.41, 5.74) is 2.19. The molecular formula is C29H28N2O6. The average molecular weight is 501 g/mol. The Hall–Kier alpha value is -4.30. The molecule has 1 aliphatic rings. The molecule has 8 nitrogen and oxygen atoms in total. The van der Waals surface area contributed by atoms with Crippen LogP contribution in [0, 0.1) is 6.92 Å². The monoisotopic (exact) mass is 500 g/mol. The van der Waals surface area contributed by atoms with E-state index in [0.29, 0.717) is 40.2 Å². The van der Waals surface area contributed by atoms with Crippen molar-refractivity contribution in [1.82, 2.24) is 4.90 Å². The van der Waals surface area contributed by atoms with Crippen LogP contribution in [0.2, 0.25) is 0 Å². The molecule has 0 atom stereocenters. The lowest BCUT2D eigenvalue weighted by molar-refractivity contribution is 0.0600. The van der Waals surface area contributed by atoms with Gasteiger partial charge < -0.3 is 23.9 Å². The van der Waals surface area contributed by atoms with Crippen LogP contribution in [0.4, 0.5) is 5.69 Å². The molecule has 0 radical (unpaired) electrons. The number of fused-ring (bicyclic) bond motifs is 1. The number of rotatable bonds is 6. The zero-order valence-corrected chi connectivity index (χ0v) is 20.8. The summed E-state index contributed by atoms with van der Waals surface area (Å²) in [4.78, 5) is 29.6. The maximum Gasteiger partial charge on any atom is 0.337 e. The molecule has 8 heteroatoms. The topological polar surface area (TPSA) is 92.5 Å². The average Bonchev–Trinajstić information content (AvgIpc) is 2.93. The number of methoxy groups -OCH3 is 1. The van der Waals surface area contributed by atoms with Crippen LogP contribution in [0.25, 0.3) is 11.0 Å². The van der Waals surface area contributed by atoms with Crippen molar-refractivity contribution >= 4 is 22.6 Å². The molecule has 0 amide bonds. The summed E-state index contributed by atoms with van der Waals surface area (Å²) >= 11 is 0. The first kappa shape index (κ1) is 24.4. The minimum absolute atomic E-state index is 0.0615. The smallest absolute Gasteiger partial charge is 0.337 e. The zero-order chi connectivity index (χ0) is 25.9. The van der Waals surface area contributed by atoms with Gasteiger partial charge in [0, 0.05) is 38.4 Å². The van der Waals surface area contributed by atoms with E-state index in [2.05, 4.69) is 21.9 Å². The van der Waals surface area contributed by atoms with Crippen LogP contribution in [-0.2, 0) is 11.3 Å². The first-order chi connectivity index (χ1) is 17.9. The highest BCUT2D eigenvalue weighted by Gasteiger charge is 2.23. The van der Waals surface area contributed by atoms with E-state index in [-0.39, 0.29) is 16.9 Å². The van der Waals surface area contributed by atoms with Gasteiger partial charge in [-0.15, -0.1) is 0 Å². The lowest BCUT2D eigenvalue weighted by Gasteiger charge is -2.36. The molecule has 0 saturated carbocycles. The fourth-order valence-electron chi connectivity index (χ4n) is 4.59. The highest BCUT2D eigenvalue weighted by molar-refractivity contribution is 5.89. The van der Waals surface area contributed by atoms with Crippen molar-refractivity contribution in [3.05, 3.63) is 93.8 Å². The SMILES string of the molecule is COC(=O)c1ccc(Oc2c(C)oc3c(CN4CCN(c5ccccc5)CC4)c(O)ccc3c2=O)cc1. The van der Waals surface area contributed by atoms with Gasteiger partial charge in [-0.25, -0.2) is 4.79 Å². The minimum atomic E-state index is -0.457. The van der Waals surface area contributed by atoms with E-state index in [0.717, 1.165) is 26.2 Å². The second-order valence-corrected chi connectivity index (χ2v) is 8.97. The van der Waals surface area contributed by atoms with Crippen LogP contribution in [0.15, 0.2) is 75.9 Å². The molecule has 4 aromatic rings. The van der Waals surface area contributed by atoms with Gasteiger partial charge in [-0.3, -0.25) is 9.69 Å². The molecule has 1 aromatic heterocycles. The van der Waals surface area contributed by atoms with Crippen LogP contribution in [0.1, 0.15) is 21.7 Å². The van der Waals surface area contributed by atoms with Gasteiger partial charge in [-0.2, -0.15) is 0 Å². The highest BCUT2D eigenvalue weighted by Crippen LogP contribution is 2.32. The summed E-state index contributed by atoms with van der Waals surface area (Å²) in [5, 5.41) is 11.0. The number of carbonyl (C=O) groups is 1. The summed E-state index contributed by atoms with van der Waals surface area (Å²) < 4.78 is 16.6. The number of hydrogen-bond acceptors (Lipinski definition) is 8. The second-order valence-electron chi connectivity index (χ2n) is 8.97. The normalized spacial score (nSPS) is 14.1. The number of para-hydroxylation sites is 1. The molecule has 190 valence electrons. The quantitative estimate of drug-likeness (QED) is 0.381. The highest BCUT2D eigenvalue weighted by atomic mass is 16.5. The van der Waals surface area contributed by atoms with Crippen molar-refractivity contribution in [3.8, 4) is 17.2 Å². The number of phenolic OH excluding ortho intramolecular Hbond substituents is 1. The number of esters is 1. The van der Waals surface area contributed by atoms with Gasteiger partial charge in [-0.05, 0) is 55.5 Å². The Morgan fingerprint density at radius 3 is 2.35 bits per heavy atom. The summed E-state index contributed by atoms with van der Waals surface area (Å²) in [6.45, 7) is 5.48. The number of hydrogen-bond donors (Lipinski definition) is 1. The predicted molar refractivity (Wildman–Crippen MR) is 141 cm³/mol. The zero-order valence-electron chi connectivity index (χ0n) is 20.8. The van der Waals surface area contributed by atoms with Crippen LogP contribution in [-0.4, -0.2) is 49.3 Å². The minimum Gasteiger partial charge on any atom is -0.507 e. The van der Waals surface area contributed by atoms with Gasteiger partial charge in [0.2, 0.25) is 11.2 Å². The molecule has 1 fully saturated rings. The lowest BCUT2D eigenvalue weighted by Crippen LogP contribution is -2.46. The second kappa shape index (κ2) is 10.4. The fourth-order valence-corrected chi connectivity index (χ4v) is 4.59. The molecule has 0 unspecified atom stereocenters. The van der Waals surface area contributed by atoms with Crippen molar-refractivity contribution in [2.75, 3.05) is 38.2 Å². The Morgan fingerprint density at radius 1 is 0.973 bits per heavy atom. The Morgan fingerprint density at radius 2 is 1.68 bits per heavy atom. The van der Waals surface area contributed by atoms with Crippen molar-refractivity contribution < 1.29 is 23.8 Å². The molecule has 2 heterocycles. The van der Waals surface area contributed by atoms with E-state index in [4.69, 9.17) is 13.9 Å².